The topological polar surface area (TPSA) is 164 Å². The van der Waals surface area contributed by atoms with Gasteiger partial charge in [-0.1, -0.05) is 0 Å². The Kier molecular flexibility index (Phi) is 5.02. The fraction of sp³-hybridized carbons (Fsp3) is 0.667. The van der Waals surface area contributed by atoms with E-state index in [2.05, 4.69) is 0 Å². The Morgan fingerprint density at radius 2 is 1.81 bits per heavy atom. The van der Waals surface area contributed by atoms with Gasteiger partial charge in [0.2, 0.25) is 11.4 Å². The molecule has 0 saturated carbocycles. The highest BCUT2D eigenvalue weighted by molar-refractivity contribution is 6.13. The molecule has 0 radical (unpaired) electrons. The molecule has 21 heavy (non-hydrogen) atoms. The first kappa shape index (κ1) is 17.1. The van der Waals surface area contributed by atoms with Crippen molar-refractivity contribution in [3.8, 4) is 0 Å². The van der Waals surface area contributed by atoms with Gasteiger partial charge in [0.15, 0.2) is 5.78 Å². The smallest absolute Gasteiger partial charge is 0.337 e. The zero-order valence-electron chi connectivity index (χ0n) is 11.6. The second-order valence-electron chi connectivity index (χ2n) is 5.12. The van der Waals surface area contributed by atoms with Crippen molar-refractivity contribution in [3.05, 3.63) is 0 Å². The van der Waals surface area contributed by atoms with E-state index in [-0.39, 0.29) is 13.0 Å². The van der Waals surface area contributed by atoms with Crippen LogP contribution in [0, 0.1) is 0 Å². The highest BCUT2D eigenvalue weighted by atomic mass is 16.4. The van der Waals surface area contributed by atoms with E-state index in [1.807, 2.05) is 0 Å². The largest absolute Gasteiger partial charge is 0.481 e. The molecule has 1 saturated heterocycles. The third-order valence-electron chi connectivity index (χ3n) is 3.53. The molecule has 0 bridgehead atoms. The first-order valence-corrected chi connectivity index (χ1v) is 6.46. The summed E-state index contributed by atoms with van der Waals surface area (Å²) in [5.41, 5.74) is 8.84. The van der Waals surface area contributed by atoms with Gasteiger partial charge in [0.25, 0.3) is 0 Å². The van der Waals surface area contributed by atoms with Gasteiger partial charge in [0.1, 0.15) is 0 Å². The summed E-state index contributed by atoms with van der Waals surface area (Å²) in [5, 5.41) is 18.1. The van der Waals surface area contributed by atoms with Gasteiger partial charge >= 0.3 is 11.9 Å². The van der Waals surface area contributed by atoms with Crippen LogP contribution in [-0.2, 0) is 19.2 Å². The fourth-order valence-corrected chi connectivity index (χ4v) is 2.53. The van der Waals surface area contributed by atoms with Crippen LogP contribution in [0.15, 0.2) is 0 Å². The summed E-state index contributed by atoms with van der Waals surface area (Å²) in [6.07, 6.45) is -0.503. The Morgan fingerprint density at radius 1 is 1.24 bits per heavy atom. The number of nitrogens with zero attached hydrogens (tertiary/aromatic N) is 1. The molecule has 9 nitrogen and oxygen atoms in total. The van der Waals surface area contributed by atoms with Crippen LogP contribution in [0.25, 0.3) is 0 Å². The van der Waals surface area contributed by atoms with E-state index in [1.54, 1.807) is 0 Å². The van der Waals surface area contributed by atoms with Crippen LogP contribution in [0.1, 0.15) is 26.2 Å². The number of carbonyl (C=O) groups excluding carboxylic acids is 2. The molecule has 0 spiro atoms. The van der Waals surface area contributed by atoms with Crippen molar-refractivity contribution in [3.63, 3.8) is 0 Å². The molecule has 1 rings (SSSR count). The molecule has 1 heterocycles. The van der Waals surface area contributed by atoms with E-state index in [9.17, 15) is 24.3 Å². The summed E-state index contributed by atoms with van der Waals surface area (Å²) < 4.78 is 0. The highest BCUT2D eigenvalue weighted by Gasteiger charge is 2.57. The molecule has 118 valence electrons. The van der Waals surface area contributed by atoms with E-state index < -0.39 is 47.7 Å². The first-order valence-electron chi connectivity index (χ1n) is 6.46. The van der Waals surface area contributed by atoms with E-state index in [1.165, 1.54) is 6.92 Å². The van der Waals surface area contributed by atoms with Crippen LogP contribution < -0.4 is 11.5 Å². The van der Waals surface area contributed by atoms with Crippen LogP contribution in [0.3, 0.4) is 0 Å². The Labute approximate surface area is 120 Å². The number of ketones is 1. The van der Waals surface area contributed by atoms with Gasteiger partial charge in [0.05, 0.1) is 18.5 Å². The SMILES string of the molecule is CC(N)C(=O)N1CCCC1(C(=O)O)C(=O)C(N)CC(=O)O. The molecule has 1 fully saturated rings. The van der Waals surface area contributed by atoms with Crippen LogP contribution in [0.4, 0.5) is 0 Å². The van der Waals surface area contributed by atoms with Crippen molar-refractivity contribution in [2.45, 2.75) is 43.8 Å². The number of amides is 1. The zero-order valence-corrected chi connectivity index (χ0v) is 11.6. The average Bonchev–Trinajstić information content (AvgIpc) is 2.81. The molecule has 1 aliphatic heterocycles. The van der Waals surface area contributed by atoms with Crippen LogP contribution in [0.2, 0.25) is 0 Å². The molecule has 3 unspecified atom stereocenters. The summed E-state index contributed by atoms with van der Waals surface area (Å²) >= 11 is 0. The maximum atomic E-state index is 12.4. The Morgan fingerprint density at radius 3 is 2.24 bits per heavy atom. The van der Waals surface area contributed by atoms with Crippen LogP contribution in [-0.4, -0.2) is 62.9 Å². The molecule has 0 aromatic heterocycles. The van der Waals surface area contributed by atoms with Crippen molar-refractivity contribution in [2.75, 3.05) is 6.54 Å². The molecule has 0 aromatic carbocycles. The minimum Gasteiger partial charge on any atom is -0.481 e. The van der Waals surface area contributed by atoms with Crippen molar-refractivity contribution in [2.24, 2.45) is 11.5 Å². The Balaban J connectivity index is 3.19. The number of hydrogen-bond acceptors (Lipinski definition) is 6. The quantitative estimate of drug-likeness (QED) is 0.415. The van der Waals surface area contributed by atoms with Crippen molar-refractivity contribution < 1.29 is 29.4 Å². The molecule has 1 aliphatic rings. The molecule has 0 aromatic rings. The number of carboxylic acid groups (broad SMARTS) is 2. The second-order valence-corrected chi connectivity index (χ2v) is 5.12. The number of rotatable bonds is 6. The van der Waals surface area contributed by atoms with Crippen molar-refractivity contribution in [1.82, 2.24) is 4.90 Å². The highest BCUT2D eigenvalue weighted by Crippen LogP contribution is 2.32. The number of likely N-dealkylation sites (tertiary alicyclic amines) is 1. The third kappa shape index (κ3) is 3.03. The molecule has 1 amide bonds. The lowest BCUT2D eigenvalue weighted by Crippen LogP contribution is -2.64. The lowest BCUT2D eigenvalue weighted by atomic mass is 9.85. The molecule has 9 heteroatoms. The standard InChI is InChI=1S/C12H19N3O6/c1-6(13)10(19)15-4-2-3-12(15,11(20)21)9(18)7(14)5-8(16)17/h6-7H,2-5,13-14H2,1H3,(H,16,17)(H,20,21). The number of nitrogens with two attached hydrogens (primary N) is 2. The number of carboxylic acids is 2. The van der Waals surface area contributed by atoms with Gasteiger partial charge < -0.3 is 26.6 Å². The van der Waals surface area contributed by atoms with E-state index in [0.29, 0.717) is 6.42 Å². The monoisotopic (exact) mass is 301 g/mol. The van der Waals surface area contributed by atoms with Gasteiger partial charge in [-0.3, -0.25) is 14.4 Å². The number of hydrogen-bond donors (Lipinski definition) is 4. The van der Waals surface area contributed by atoms with Crippen LogP contribution in [0.5, 0.6) is 0 Å². The summed E-state index contributed by atoms with van der Waals surface area (Å²) in [5.74, 6) is -4.49. The minimum absolute atomic E-state index is 0.0677. The first-order chi connectivity index (χ1) is 9.64. The Hall–Kier alpha value is -2.00. The van der Waals surface area contributed by atoms with Gasteiger partial charge in [-0.05, 0) is 19.8 Å². The van der Waals surface area contributed by atoms with E-state index in [0.717, 1.165) is 4.90 Å². The lowest BCUT2D eigenvalue weighted by Gasteiger charge is -2.35. The molecular weight excluding hydrogens is 282 g/mol. The normalized spacial score (nSPS) is 24.4. The molecular formula is C12H19N3O6. The van der Waals surface area contributed by atoms with Crippen molar-refractivity contribution >= 4 is 23.6 Å². The van der Waals surface area contributed by atoms with Gasteiger partial charge in [-0.15, -0.1) is 0 Å². The van der Waals surface area contributed by atoms with Gasteiger partial charge in [-0.2, -0.15) is 0 Å². The Bertz CT molecular complexity index is 478. The number of aliphatic carboxylic acids is 2. The molecule has 6 N–H and O–H groups in total. The molecule has 3 atom stereocenters. The van der Waals surface area contributed by atoms with E-state index >= 15 is 0 Å². The summed E-state index contributed by atoms with van der Waals surface area (Å²) in [4.78, 5) is 47.6. The summed E-state index contributed by atoms with van der Waals surface area (Å²) in [7, 11) is 0. The second kappa shape index (κ2) is 6.19. The lowest BCUT2D eigenvalue weighted by molar-refractivity contribution is -0.163. The van der Waals surface area contributed by atoms with Gasteiger partial charge in [0, 0.05) is 6.54 Å². The van der Waals surface area contributed by atoms with Crippen LogP contribution >= 0.6 is 0 Å². The van der Waals surface area contributed by atoms with Crippen molar-refractivity contribution in [1.29, 1.82) is 0 Å². The van der Waals surface area contributed by atoms with Gasteiger partial charge in [-0.25, -0.2) is 4.79 Å². The predicted octanol–water partition coefficient (Wildman–Crippen LogP) is -1.85. The zero-order chi connectivity index (χ0) is 16.4. The third-order valence-corrected chi connectivity index (χ3v) is 3.53. The summed E-state index contributed by atoms with van der Waals surface area (Å²) in [6.45, 7) is 1.45. The number of carbonyl (C=O) groups is 4. The maximum absolute atomic E-state index is 12.4. The average molecular weight is 301 g/mol. The fourth-order valence-electron chi connectivity index (χ4n) is 2.53. The number of Topliss-reactive ketones (excluding diaryl/α,β-unsaturated/α-hetero) is 1. The molecule has 0 aliphatic carbocycles. The minimum atomic E-state index is -2.13. The maximum Gasteiger partial charge on any atom is 0.337 e. The van der Waals surface area contributed by atoms with E-state index in [4.69, 9.17) is 16.6 Å². The summed E-state index contributed by atoms with van der Waals surface area (Å²) in [6, 6.07) is -2.47. The predicted molar refractivity (Wildman–Crippen MR) is 70.2 cm³/mol.